The van der Waals surface area contributed by atoms with Crippen LogP contribution in [0.2, 0.25) is 0 Å². The Morgan fingerprint density at radius 3 is 2.56 bits per heavy atom. The summed E-state index contributed by atoms with van der Waals surface area (Å²) in [6.45, 7) is 4.73. The van der Waals surface area contributed by atoms with Gasteiger partial charge in [0, 0.05) is 24.7 Å². The van der Waals surface area contributed by atoms with Gasteiger partial charge in [-0.3, -0.25) is 5.32 Å². The lowest BCUT2D eigenvalue weighted by Gasteiger charge is -2.32. The summed E-state index contributed by atoms with van der Waals surface area (Å²) in [5.74, 6) is 1.75. The fraction of sp³-hybridized carbons (Fsp3) is 0.389. The van der Waals surface area contributed by atoms with Crippen LogP contribution >= 0.6 is 27.7 Å². The first kappa shape index (κ1) is 19.9. The molecular weight excluding hydrogens is 434 g/mol. The molecule has 2 atom stereocenters. The topological polar surface area (TPSA) is 82.6 Å². The highest BCUT2D eigenvalue weighted by atomic mass is 79.9. The third-order valence-electron chi connectivity index (χ3n) is 3.91. The third-order valence-corrected chi connectivity index (χ3v) is 5.83. The predicted octanol–water partition coefficient (Wildman–Crippen LogP) is 3.39. The number of hydrogen-bond donors (Lipinski definition) is 1. The van der Waals surface area contributed by atoms with Crippen molar-refractivity contribution in [2.75, 3.05) is 18.9 Å². The van der Waals surface area contributed by atoms with E-state index in [1.807, 2.05) is 6.92 Å². The van der Waals surface area contributed by atoms with Crippen molar-refractivity contribution in [1.29, 1.82) is 0 Å². The highest BCUT2D eigenvalue weighted by Gasteiger charge is 2.49. The number of esters is 1. The van der Waals surface area contributed by atoms with Crippen LogP contribution in [0.1, 0.15) is 13.8 Å². The summed E-state index contributed by atoms with van der Waals surface area (Å²) in [7, 11) is 0. The van der Waals surface area contributed by atoms with Crippen LogP contribution in [0, 0.1) is 0 Å². The second kappa shape index (κ2) is 8.90. The lowest BCUT2D eigenvalue weighted by atomic mass is 10.1. The van der Waals surface area contributed by atoms with Crippen molar-refractivity contribution in [3.8, 4) is 17.5 Å². The molecule has 1 aliphatic heterocycles. The molecule has 1 aromatic carbocycles. The normalized spacial score (nSPS) is 20.1. The molecule has 0 bridgehead atoms. The Kier molecular flexibility index (Phi) is 6.56. The van der Waals surface area contributed by atoms with Crippen LogP contribution in [0.15, 0.2) is 41.1 Å². The van der Waals surface area contributed by atoms with E-state index in [1.165, 1.54) is 11.8 Å². The predicted molar refractivity (Wildman–Crippen MR) is 106 cm³/mol. The van der Waals surface area contributed by atoms with Crippen LogP contribution in [-0.2, 0) is 9.53 Å². The van der Waals surface area contributed by atoms with Crippen molar-refractivity contribution in [1.82, 2.24) is 15.3 Å². The average Bonchev–Trinajstić information content (AvgIpc) is 3.17. The molecule has 0 aliphatic carbocycles. The molecule has 0 amide bonds. The number of hydrogen-bond acceptors (Lipinski definition) is 8. The van der Waals surface area contributed by atoms with E-state index in [0.717, 1.165) is 16.8 Å². The van der Waals surface area contributed by atoms with Crippen LogP contribution in [-0.4, -0.2) is 45.8 Å². The van der Waals surface area contributed by atoms with Crippen LogP contribution in [0.4, 0.5) is 0 Å². The number of benzene rings is 1. The van der Waals surface area contributed by atoms with Crippen LogP contribution in [0.25, 0.3) is 0 Å². The molecule has 1 saturated heterocycles. The zero-order chi connectivity index (χ0) is 19.3. The Morgan fingerprint density at radius 1 is 1.30 bits per heavy atom. The third kappa shape index (κ3) is 4.72. The highest BCUT2D eigenvalue weighted by molar-refractivity contribution is 9.10. The lowest BCUT2D eigenvalue weighted by molar-refractivity contribution is -0.149. The average molecular weight is 454 g/mol. The van der Waals surface area contributed by atoms with E-state index in [4.69, 9.17) is 14.2 Å². The number of carbonyl (C=O) groups excluding carboxylic acids is 1. The summed E-state index contributed by atoms with van der Waals surface area (Å²) < 4.78 is 17.6. The van der Waals surface area contributed by atoms with Crippen molar-refractivity contribution < 1.29 is 19.0 Å². The molecule has 144 valence electrons. The van der Waals surface area contributed by atoms with E-state index < -0.39 is 11.0 Å². The van der Waals surface area contributed by atoms with Crippen LogP contribution in [0.5, 0.6) is 17.5 Å². The van der Waals surface area contributed by atoms with Crippen molar-refractivity contribution in [2.24, 2.45) is 0 Å². The Morgan fingerprint density at radius 2 is 1.96 bits per heavy atom. The molecule has 27 heavy (non-hydrogen) atoms. The molecule has 0 spiro atoms. The van der Waals surface area contributed by atoms with E-state index >= 15 is 0 Å². The first-order valence-electron chi connectivity index (χ1n) is 8.52. The number of rotatable bonds is 7. The summed E-state index contributed by atoms with van der Waals surface area (Å²) >= 11 is 4.79. The maximum Gasteiger partial charge on any atom is 0.340 e. The Bertz CT molecular complexity index is 767. The number of nitrogens with zero attached hydrogens (tertiary/aromatic N) is 2. The molecule has 2 aromatic rings. The minimum atomic E-state index is -0.892. The van der Waals surface area contributed by atoms with Gasteiger partial charge in [-0.15, -0.1) is 11.8 Å². The van der Waals surface area contributed by atoms with E-state index in [0.29, 0.717) is 18.1 Å². The number of ether oxygens (including phenoxy) is 3. The van der Waals surface area contributed by atoms with Gasteiger partial charge in [0.05, 0.1) is 11.1 Å². The maximum atomic E-state index is 12.5. The SMILES string of the molecule is CCOC(=O)C1(C(C)Oc2ccc(Oc3ncc(Br)cn3)cc2)NCCS1. The minimum Gasteiger partial charge on any atom is -0.487 e. The van der Waals surface area contributed by atoms with E-state index in [2.05, 4.69) is 31.2 Å². The first-order valence-corrected chi connectivity index (χ1v) is 10.3. The number of halogens is 1. The van der Waals surface area contributed by atoms with Crippen molar-refractivity contribution in [3.63, 3.8) is 0 Å². The van der Waals surface area contributed by atoms with E-state index in [-0.39, 0.29) is 12.0 Å². The van der Waals surface area contributed by atoms with Gasteiger partial charge in [0.2, 0.25) is 4.87 Å². The Hall–Kier alpha value is -1.84. The van der Waals surface area contributed by atoms with Crippen LogP contribution in [0.3, 0.4) is 0 Å². The van der Waals surface area contributed by atoms with Gasteiger partial charge >= 0.3 is 12.0 Å². The standard InChI is InChI=1S/C18H20BrN3O4S/c1-3-24-16(23)18(22-8-9-27-18)12(2)25-14-4-6-15(7-5-14)26-17-20-10-13(19)11-21-17/h4-7,10-12,22H,3,8-9H2,1-2H3. The van der Waals surface area contributed by atoms with Gasteiger partial charge in [0.15, 0.2) is 0 Å². The summed E-state index contributed by atoms with van der Waals surface area (Å²) in [4.78, 5) is 19.7. The maximum absolute atomic E-state index is 12.5. The molecule has 2 unspecified atom stereocenters. The largest absolute Gasteiger partial charge is 0.487 e. The molecule has 1 fully saturated rings. The molecular formula is C18H20BrN3O4S. The lowest BCUT2D eigenvalue weighted by Crippen LogP contribution is -2.56. The van der Waals surface area contributed by atoms with Gasteiger partial charge in [-0.05, 0) is 54.0 Å². The zero-order valence-corrected chi connectivity index (χ0v) is 17.4. The van der Waals surface area contributed by atoms with Crippen molar-refractivity contribution >= 4 is 33.7 Å². The monoisotopic (exact) mass is 453 g/mol. The van der Waals surface area contributed by atoms with Crippen LogP contribution < -0.4 is 14.8 Å². The Balaban J connectivity index is 1.66. The quantitative estimate of drug-likeness (QED) is 0.638. The molecule has 7 nitrogen and oxygen atoms in total. The van der Waals surface area contributed by atoms with Gasteiger partial charge in [-0.1, -0.05) is 0 Å². The highest BCUT2D eigenvalue weighted by Crippen LogP contribution is 2.35. The second-order valence-corrected chi connectivity index (χ2v) is 8.01. The van der Waals surface area contributed by atoms with Gasteiger partial charge in [0.25, 0.3) is 0 Å². The molecule has 1 aromatic heterocycles. The molecule has 0 radical (unpaired) electrons. The van der Waals surface area contributed by atoms with E-state index in [9.17, 15) is 4.79 Å². The van der Waals surface area contributed by atoms with Gasteiger partial charge in [-0.2, -0.15) is 0 Å². The zero-order valence-electron chi connectivity index (χ0n) is 15.0. The summed E-state index contributed by atoms with van der Waals surface area (Å²) in [5, 5.41) is 3.24. The number of aromatic nitrogens is 2. The molecule has 0 saturated carbocycles. The second-order valence-electron chi connectivity index (χ2n) is 5.75. The van der Waals surface area contributed by atoms with Gasteiger partial charge < -0.3 is 14.2 Å². The molecule has 1 aliphatic rings. The summed E-state index contributed by atoms with van der Waals surface area (Å²) in [5.41, 5.74) is 0. The molecule has 9 heteroatoms. The number of nitrogens with one attached hydrogen (secondary N) is 1. The molecule has 3 rings (SSSR count). The number of carbonyl (C=O) groups is 1. The van der Waals surface area contributed by atoms with E-state index in [1.54, 1.807) is 43.6 Å². The fourth-order valence-corrected chi connectivity index (χ4v) is 4.02. The minimum absolute atomic E-state index is 0.257. The van der Waals surface area contributed by atoms with Gasteiger partial charge in [-0.25, -0.2) is 14.8 Å². The molecule has 2 heterocycles. The van der Waals surface area contributed by atoms with Gasteiger partial charge in [0.1, 0.15) is 17.6 Å². The summed E-state index contributed by atoms with van der Waals surface area (Å²) in [6, 6.07) is 7.35. The van der Waals surface area contributed by atoms with Crippen molar-refractivity contribution in [2.45, 2.75) is 24.8 Å². The summed E-state index contributed by atoms with van der Waals surface area (Å²) in [6.07, 6.45) is 2.82. The fourth-order valence-electron chi connectivity index (χ4n) is 2.63. The van der Waals surface area contributed by atoms with Crippen molar-refractivity contribution in [3.05, 3.63) is 41.1 Å². The number of thioether (sulfide) groups is 1. The Labute approximate surface area is 170 Å². The molecule has 1 N–H and O–H groups in total. The smallest absolute Gasteiger partial charge is 0.340 e. The first-order chi connectivity index (χ1) is 13.0.